The van der Waals surface area contributed by atoms with E-state index < -0.39 is 11.7 Å². The number of halogens is 3. The number of nitrogens with zero attached hydrogens (tertiary/aromatic N) is 1. The van der Waals surface area contributed by atoms with Gasteiger partial charge in [0.2, 0.25) is 0 Å². The predicted molar refractivity (Wildman–Crippen MR) is 83.6 cm³/mol. The Labute approximate surface area is 126 Å². The Morgan fingerprint density at radius 3 is 2.50 bits per heavy atom. The van der Waals surface area contributed by atoms with Crippen molar-refractivity contribution in [1.82, 2.24) is 0 Å². The summed E-state index contributed by atoms with van der Waals surface area (Å²) in [5.41, 5.74) is 5.17. The van der Waals surface area contributed by atoms with Crippen molar-refractivity contribution in [2.24, 2.45) is 5.73 Å². The first-order valence-electron chi connectivity index (χ1n) is 5.91. The average molecular weight is 322 g/mol. The summed E-state index contributed by atoms with van der Waals surface area (Å²) in [5.74, 6) is 0.875. The molecule has 0 saturated heterocycles. The van der Waals surface area contributed by atoms with Gasteiger partial charge in [-0.1, -0.05) is 12.2 Å². The van der Waals surface area contributed by atoms with E-state index in [1.807, 2.05) is 25.1 Å². The van der Waals surface area contributed by atoms with Gasteiger partial charge in [-0.3, -0.25) is 0 Å². The van der Waals surface area contributed by atoms with Gasteiger partial charge in [0.1, 0.15) is 4.99 Å². The summed E-state index contributed by atoms with van der Waals surface area (Å²) in [4.78, 5) is 1.67. The van der Waals surface area contributed by atoms with Crippen LogP contribution in [0.5, 0.6) is 0 Å². The molecule has 1 aromatic carbocycles. The second-order valence-electron chi connectivity index (χ2n) is 4.51. The number of benzene rings is 1. The molecule has 1 aromatic rings. The molecule has 0 saturated carbocycles. The summed E-state index contributed by atoms with van der Waals surface area (Å²) in [6.07, 6.45) is -2.47. The van der Waals surface area contributed by atoms with E-state index in [1.165, 1.54) is 12.1 Å². The SMILES string of the molecule is CSCC(C)N(C)c1ccc(C(F)(F)F)c(C(N)=S)c1. The van der Waals surface area contributed by atoms with Crippen molar-refractivity contribution >= 4 is 34.7 Å². The van der Waals surface area contributed by atoms with E-state index in [2.05, 4.69) is 0 Å². The van der Waals surface area contributed by atoms with Crippen LogP contribution in [-0.4, -0.2) is 30.1 Å². The zero-order chi connectivity index (χ0) is 15.5. The van der Waals surface area contributed by atoms with Crippen LogP contribution in [0.25, 0.3) is 0 Å². The van der Waals surface area contributed by atoms with Crippen LogP contribution in [0.15, 0.2) is 18.2 Å². The molecule has 0 spiro atoms. The lowest BCUT2D eigenvalue weighted by Gasteiger charge is -2.27. The minimum Gasteiger partial charge on any atom is -0.389 e. The van der Waals surface area contributed by atoms with Crippen LogP contribution in [0, 0.1) is 0 Å². The van der Waals surface area contributed by atoms with Crippen LogP contribution >= 0.6 is 24.0 Å². The number of anilines is 1. The maximum Gasteiger partial charge on any atom is 0.417 e. The van der Waals surface area contributed by atoms with E-state index in [4.69, 9.17) is 18.0 Å². The van der Waals surface area contributed by atoms with Gasteiger partial charge in [-0.25, -0.2) is 0 Å². The van der Waals surface area contributed by atoms with Crippen molar-refractivity contribution in [3.63, 3.8) is 0 Å². The van der Waals surface area contributed by atoms with Crippen molar-refractivity contribution in [1.29, 1.82) is 0 Å². The number of hydrogen-bond donors (Lipinski definition) is 1. The molecule has 0 amide bonds. The molecule has 0 aliphatic heterocycles. The van der Waals surface area contributed by atoms with Crippen molar-refractivity contribution in [2.75, 3.05) is 24.0 Å². The Hall–Kier alpha value is -0.950. The standard InChI is InChI=1S/C13H17F3N2S2/c1-8(7-20-3)18(2)9-4-5-11(13(14,15)16)10(6-9)12(17)19/h4-6,8H,7H2,1-3H3,(H2,17,19). The van der Waals surface area contributed by atoms with Gasteiger partial charge in [0.25, 0.3) is 0 Å². The third kappa shape index (κ3) is 4.02. The number of thiocarbonyl (C=S) groups is 1. The number of rotatable bonds is 5. The maximum atomic E-state index is 12.9. The molecule has 7 heteroatoms. The van der Waals surface area contributed by atoms with Crippen LogP contribution in [0.3, 0.4) is 0 Å². The number of thioether (sulfide) groups is 1. The van der Waals surface area contributed by atoms with E-state index in [0.29, 0.717) is 5.69 Å². The fourth-order valence-electron chi connectivity index (χ4n) is 1.81. The highest BCUT2D eigenvalue weighted by molar-refractivity contribution is 7.98. The molecular formula is C13H17F3N2S2. The third-order valence-electron chi connectivity index (χ3n) is 3.05. The Morgan fingerprint density at radius 1 is 1.45 bits per heavy atom. The molecule has 0 radical (unpaired) electrons. The molecule has 1 atom stereocenters. The molecule has 112 valence electrons. The quantitative estimate of drug-likeness (QED) is 0.840. The summed E-state index contributed by atoms with van der Waals surface area (Å²) < 4.78 is 38.7. The zero-order valence-corrected chi connectivity index (χ0v) is 13.1. The molecule has 1 unspecified atom stereocenters. The fraction of sp³-hybridized carbons (Fsp3) is 0.462. The monoisotopic (exact) mass is 322 g/mol. The highest BCUT2D eigenvalue weighted by Gasteiger charge is 2.34. The Balaban J connectivity index is 3.20. The van der Waals surface area contributed by atoms with E-state index in [-0.39, 0.29) is 16.6 Å². The molecule has 20 heavy (non-hydrogen) atoms. The molecular weight excluding hydrogens is 305 g/mol. The van der Waals surface area contributed by atoms with Crippen LogP contribution in [0.4, 0.5) is 18.9 Å². The summed E-state index contributed by atoms with van der Waals surface area (Å²) in [5, 5.41) is 0. The van der Waals surface area contributed by atoms with Gasteiger partial charge in [-0.05, 0) is 31.4 Å². The highest BCUT2D eigenvalue weighted by atomic mass is 32.2. The van der Waals surface area contributed by atoms with Crippen molar-refractivity contribution in [3.8, 4) is 0 Å². The molecule has 0 fully saturated rings. The normalized spacial score (nSPS) is 13.1. The Bertz CT molecular complexity index is 489. The van der Waals surface area contributed by atoms with Gasteiger partial charge in [-0.15, -0.1) is 0 Å². The van der Waals surface area contributed by atoms with Gasteiger partial charge in [0, 0.05) is 30.1 Å². The summed E-state index contributed by atoms with van der Waals surface area (Å²) in [6, 6.07) is 4.08. The van der Waals surface area contributed by atoms with Gasteiger partial charge in [-0.2, -0.15) is 24.9 Å². The molecule has 0 aliphatic carbocycles. The van der Waals surface area contributed by atoms with Crippen LogP contribution in [-0.2, 0) is 6.18 Å². The van der Waals surface area contributed by atoms with E-state index >= 15 is 0 Å². The number of nitrogens with two attached hydrogens (primary N) is 1. The number of hydrogen-bond acceptors (Lipinski definition) is 3. The summed E-state index contributed by atoms with van der Waals surface area (Å²) in [6.45, 7) is 2.01. The lowest BCUT2D eigenvalue weighted by atomic mass is 10.1. The molecule has 0 aromatic heterocycles. The Kier molecular flexibility index (Phi) is 5.70. The van der Waals surface area contributed by atoms with Gasteiger partial charge < -0.3 is 10.6 Å². The van der Waals surface area contributed by atoms with E-state index in [9.17, 15) is 13.2 Å². The first-order valence-corrected chi connectivity index (χ1v) is 7.71. The molecule has 0 aliphatic rings. The zero-order valence-electron chi connectivity index (χ0n) is 11.5. The van der Waals surface area contributed by atoms with Crippen LogP contribution in [0.2, 0.25) is 0 Å². The summed E-state index contributed by atoms with van der Waals surface area (Å²) >= 11 is 6.42. The minimum absolute atomic E-state index is 0.131. The molecule has 0 heterocycles. The van der Waals surface area contributed by atoms with Crippen LogP contribution in [0.1, 0.15) is 18.1 Å². The smallest absolute Gasteiger partial charge is 0.389 e. The van der Waals surface area contributed by atoms with E-state index in [0.717, 1.165) is 11.8 Å². The van der Waals surface area contributed by atoms with E-state index in [1.54, 1.807) is 11.8 Å². The first-order chi connectivity index (χ1) is 9.18. The second-order valence-corrected chi connectivity index (χ2v) is 5.86. The van der Waals surface area contributed by atoms with Crippen molar-refractivity contribution in [3.05, 3.63) is 29.3 Å². The average Bonchev–Trinajstić information content (AvgIpc) is 2.36. The lowest BCUT2D eigenvalue weighted by Crippen LogP contribution is -2.31. The largest absolute Gasteiger partial charge is 0.417 e. The predicted octanol–water partition coefficient (Wildman–Crippen LogP) is 3.53. The van der Waals surface area contributed by atoms with Gasteiger partial charge >= 0.3 is 6.18 Å². The Morgan fingerprint density at radius 2 is 2.05 bits per heavy atom. The van der Waals surface area contributed by atoms with Gasteiger partial charge in [0.15, 0.2) is 0 Å². The minimum atomic E-state index is -4.46. The lowest BCUT2D eigenvalue weighted by molar-refractivity contribution is -0.137. The second kappa shape index (κ2) is 6.67. The van der Waals surface area contributed by atoms with Crippen molar-refractivity contribution in [2.45, 2.75) is 19.1 Å². The first kappa shape index (κ1) is 17.1. The number of alkyl halides is 3. The molecule has 2 N–H and O–H groups in total. The fourth-order valence-corrected chi connectivity index (χ4v) is 2.69. The third-order valence-corrected chi connectivity index (χ3v) is 4.09. The van der Waals surface area contributed by atoms with Gasteiger partial charge in [0.05, 0.1) is 5.56 Å². The molecule has 0 bridgehead atoms. The van der Waals surface area contributed by atoms with Crippen molar-refractivity contribution < 1.29 is 13.2 Å². The topological polar surface area (TPSA) is 29.3 Å². The molecule has 1 rings (SSSR count). The highest BCUT2D eigenvalue weighted by Crippen LogP contribution is 2.34. The van der Waals surface area contributed by atoms with Crippen LogP contribution < -0.4 is 10.6 Å². The maximum absolute atomic E-state index is 12.9. The summed E-state index contributed by atoms with van der Waals surface area (Å²) in [7, 11) is 1.84. The molecule has 2 nitrogen and oxygen atoms in total.